The molecule has 2 saturated heterocycles. The fourth-order valence-corrected chi connectivity index (χ4v) is 4.23. The highest BCUT2D eigenvalue weighted by Gasteiger charge is 2.33. The molecule has 5 nitrogen and oxygen atoms in total. The second-order valence-electron chi connectivity index (χ2n) is 7.68. The number of piperidine rings is 1. The summed E-state index contributed by atoms with van der Waals surface area (Å²) in [5.74, 6) is 0.674. The van der Waals surface area contributed by atoms with Gasteiger partial charge in [0.05, 0.1) is 10.6 Å². The molecule has 0 saturated carbocycles. The summed E-state index contributed by atoms with van der Waals surface area (Å²) >= 11 is 5.71. The number of halogens is 4. The lowest BCUT2D eigenvalue weighted by Gasteiger charge is -2.38. The topological polar surface area (TPSA) is 38.8 Å². The molecule has 1 aromatic rings. The molecule has 3 rings (SSSR count). The Balaban J connectivity index is 1.48. The van der Waals surface area contributed by atoms with Crippen LogP contribution in [0.15, 0.2) is 18.2 Å². The van der Waals surface area contributed by atoms with Crippen molar-refractivity contribution >= 4 is 23.3 Å². The average molecular weight is 419 g/mol. The quantitative estimate of drug-likeness (QED) is 0.810. The third-order valence-electron chi connectivity index (χ3n) is 5.42. The Morgan fingerprint density at radius 3 is 2.54 bits per heavy atom. The van der Waals surface area contributed by atoms with Crippen molar-refractivity contribution in [1.29, 1.82) is 0 Å². The number of hydrogen-bond donors (Lipinski definition) is 1. The summed E-state index contributed by atoms with van der Waals surface area (Å²) in [6, 6.07) is 2.94. The van der Waals surface area contributed by atoms with E-state index in [1.807, 2.05) is 0 Å². The van der Waals surface area contributed by atoms with Crippen molar-refractivity contribution < 1.29 is 18.0 Å². The van der Waals surface area contributed by atoms with Crippen molar-refractivity contribution in [2.45, 2.75) is 19.0 Å². The number of nitrogens with one attached hydrogen (secondary N) is 1. The number of carbonyl (C=O) groups is 1. The molecule has 1 aromatic carbocycles. The minimum absolute atomic E-state index is 0.260. The first kappa shape index (κ1) is 21.2. The number of rotatable bonds is 3. The van der Waals surface area contributed by atoms with Gasteiger partial charge in [-0.2, -0.15) is 13.2 Å². The Bertz CT molecular complexity index is 692. The molecule has 0 radical (unpaired) electrons. The molecule has 0 spiro atoms. The lowest BCUT2D eigenvalue weighted by molar-refractivity contribution is -0.137. The van der Waals surface area contributed by atoms with Crippen molar-refractivity contribution in [3.8, 4) is 0 Å². The van der Waals surface area contributed by atoms with Crippen molar-refractivity contribution in [3.05, 3.63) is 28.8 Å². The number of amides is 2. The van der Waals surface area contributed by atoms with Gasteiger partial charge in [-0.15, -0.1) is 0 Å². The first-order valence-corrected chi connectivity index (χ1v) is 9.94. The number of piperazine rings is 1. The van der Waals surface area contributed by atoms with Gasteiger partial charge in [-0.1, -0.05) is 11.6 Å². The van der Waals surface area contributed by atoms with E-state index in [1.54, 1.807) is 4.90 Å². The van der Waals surface area contributed by atoms with Crippen LogP contribution in [0.1, 0.15) is 18.4 Å². The molecule has 2 amide bonds. The molecule has 28 heavy (non-hydrogen) atoms. The van der Waals surface area contributed by atoms with E-state index >= 15 is 0 Å². The smallest absolute Gasteiger partial charge is 0.322 e. The van der Waals surface area contributed by atoms with Crippen molar-refractivity contribution in [3.63, 3.8) is 0 Å². The van der Waals surface area contributed by atoms with Crippen LogP contribution in [0, 0.1) is 5.92 Å². The van der Waals surface area contributed by atoms with Crippen LogP contribution < -0.4 is 5.32 Å². The van der Waals surface area contributed by atoms with Crippen LogP contribution in [0.5, 0.6) is 0 Å². The maximum absolute atomic E-state index is 12.8. The van der Waals surface area contributed by atoms with Gasteiger partial charge in [-0.05, 0) is 50.6 Å². The second kappa shape index (κ2) is 8.88. The number of carbonyl (C=O) groups excluding carboxylic acids is 1. The molecule has 1 unspecified atom stereocenters. The van der Waals surface area contributed by atoms with Gasteiger partial charge in [0.25, 0.3) is 0 Å². The molecule has 0 aliphatic carbocycles. The van der Waals surface area contributed by atoms with Crippen molar-refractivity contribution in [2.75, 3.05) is 58.2 Å². The minimum Gasteiger partial charge on any atom is -0.322 e. The number of hydrogen-bond acceptors (Lipinski definition) is 3. The normalized spacial score (nSPS) is 22.3. The molecule has 0 aromatic heterocycles. The fourth-order valence-electron chi connectivity index (χ4n) is 3.95. The molecular formula is C19H26ClF3N4O. The summed E-state index contributed by atoms with van der Waals surface area (Å²) in [6.45, 7) is 6.15. The summed E-state index contributed by atoms with van der Waals surface area (Å²) in [5, 5.41) is 2.22. The van der Waals surface area contributed by atoms with Gasteiger partial charge >= 0.3 is 12.2 Å². The molecular weight excluding hydrogens is 393 g/mol. The fraction of sp³-hybridized carbons (Fsp3) is 0.632. The number of nitrogens with zero attached hydrogens (tertiary/aromatic N) is 3. The van der Waals surface area contributed by atoms with E-state index in [-0.39, 0.29) is 11.7 Å². The van der Waals surface area contributed by atoms with E-state index in [9.17, 15) is 18.0 Å². The Hall–Kier alpha value is -1.51. The lowest BCUT2D eigenvalue weighted by atomic mass is 9.97. The monoisotopic (exact) mass is 418 g/mol. The summed E-state index contributed by atoms with van der Waals surface area (Å²) in [7, 11) is 2.15. The van der Waals surface area contributed by atoms with Gasteiger partial charge in [-0.25, -0.2) is 4.79 Å². The van der Waals surface area contributed by atoms with Crippen LogP contribution in [0.2, 0.25) is 5.02 Å². The summed E-state index contributed by atoms with van der Waals surface area (Å²) < 4.78 is 38.3. The molecule has 2 fully saturated rings. The maximum Gasteiger partial charge on any atom is 0.417 e. The van der Waals surface area contributed by atoms with Crippen LogP contribution in [-0.2, 0) is 6.18 Å². The van der Waals surface area contributed by atoms with E-state index in [0.29, 0.717) is 19.0 Å². The molecule has 2 aliphatic rings. The summed E-state index contributed by atoms with van der Waals surface area (Å²) in [5.41, 5.74) is -0.648. The number of likely N-dealkylation sites (tertiary alicyclic amines) is 1. The highest BCUT2D eigenvalue weighted by atomic mass is 35.5. The molecule has 2 heterocycles. The SMILES string of the molecule is CN1CCCC(CN2CCN(C(=O)Nc3ccc(C(F)(F)F)c(Cl)c3)CC2)C1. The van der Waals surface area contributed by atoms with Crippen LogP contribution in [-0.4, -0.2) is 73.6 Å². The van der Waals surface area contributed by atoms with E-state index in [0.717, 1.165) is 38.3 Å². The zero-order valence-corrected chi connectivity index (χ0v) is 16.7. The predicted molar refractivity (Wildman–Crippen MR) is 104 cm³/mol. The molecule has 9 heteroatoms. The number of anilines is 1. The van der Waals surface area contributed by atoms with E-state index in [1.165, 1.54) is 25.5 Å². The Kier molecular flexibility index (Phi) is 6.73. The maximum atomic E-state index is 12.8. The average Bonchev–Trinajstić information content (AvgIpc) is 2.61. The van der Waals surface area contributed by atoms with E-state index < -0.39 is 16.8 Å². The van der Waals surface area contributed by atoms with Gasteiger partial charge < -0.3 is 15.1 Å². The highest BCUT2D eigenvalue weighted by Crippen LogP contribution is 2.35. The first-order valence-electron chi connectivity index (χ1n) is 9.56. The van der Waals surface area contributed by atoms with Crippen LogP contribution in [0.25, 0.3) is 0 Å². The van der Waals surface area contributed by atoms with Gasteiger partial charge in [0.1, 0.15) is 0 Å². The second-order valence-corrected chi connectivity index (χ2v) is 8.09. The number of benzene rings is 1. The molecule has 1 N–H and O–H groups in total. The first-order chi connectivity index (χ1) is 13.2. The highest BCUT2D eigenvalue weighted by molar-refractivity contribution is 6.31. The zero-order valence-electron chi connectivity index (χ0n) is 15.9. The predicted octanol–water partition coefficient (Wildman–Crippen LogP) is 3.85. The van der Waals surface area contributed by atoms with Crippen molar-refractivity contribution in [1.82, 2.24) is 14.7 Å². The third kappa shape index (κ3) is 5.52. The largest absolute Gasteiger partial charge is 0.417 e. The molecule has 2 aliphatic heterocycles. The standard InChI is InChI=1S/C19H26ClF3N4O/c1-25-6-2-3-14(12-25)13-26-7-9-27(10-8-26)18(28)24-15-4-5-16(17(20)11-15)19(21,22)23/h4-5,11,14H,2-3,6-10,12-13H2,1H3,(H,24,28). The Morgan fingerprint density at radius 2 is 1.93 bits per heavy atom. The van der Waals surface area contributed by atoms with Crippen molar-refractivity contribution in [2.24, 2.45) is 5.92 Å². The van der Waals surface area contributed by atoms with Gasteiger partial charge in [0.15, 0.2) is 0 Å². The minimum atomic E-state index is -4.51. The Morgan fingerprint density at radius 1 is 1.21 bits per heavy atom. The van der Waals surface area contributed by atoms with E-state index in [2.05, 4.69) is 22.2 Å². The van der Waals surface area contributed by atoms with Gasteiger partial charge in [-0.3, -0.25) is 4.90 Å². The van der Waals surface area contributed by atoms with Gasteiger partial charge in [0, 0.05) is 45.0 Å². The summed E-state index contributed by atoms with van der Waals surface area (Å²) in [4.78, 5) is 18.9. The number of urea groups is 1. The Labute approximate surface area is 168 Å². The van der Waals surface area contributed by atoms with E-state index in [4.69, 9.17) is 11.6 Å². The molecule has 1 atom stereocenters. The van der Waals surface area contributed by atoms with Gasteiger partial charge in [0.2, 0.25) is 0 Å². The zero-order chi connectivity index (χ0) is 20.3. The third-order valence-corrected chi connectivity index (χ3v) is 5.74. The lowest BCUT2D eigenvalue weighted by Crippen LogP contribution is -2.51. The van der Waals surface area contributed by atoms with Crippen LogP contribution in [0.4, 0.5) is 23.7 Å². The van der Waals surface area contributed by atoms with Crippen LogP contribution in [0.3, 0.4) is 0 Å². The number of alkyl halides is 3. The molecule has 0 bridgehead atoms. The van der Waals surface area contributed by atoms with Crippen LogP contribution >= 0.6 is 11.6 Å². The molecule has 156 valence electrons. The summed E-state index contributed by atoms with van der Waals surface area (Å²) in [6.07, 6.45) is -2.03.